The standard InChI is InChI=1S/C14H17ClN2OS2/c1-13(2)14(3,20-12(19)16(13)4)17(18)9-10-5-7-11(15)8-6-10/h5-9H,1-4H3/b17-9+. The molecule has 20 heavy (non-hydrogen) atoms. The number of rotatable bonds is 2. The number of hydrogen-bond donors (Lipinski definition) is 0. The molecule has 1 aliphatic rings. The Morgan fingerprint density at radius 3 is 2.30 bits per heavy atom. The van der Waals surface area contributed by atoms with Gasteiger partial charge in [0.25, 0.3) is 0 Å². The fourth-order valence-electron chi connectivity index (χ4n) is 2.02. The lowest BCUT2D eigenvalue weighted by Crippen LogP contribution is -2.55. The number of nitrogens with zero attached hydrogens (tertiary/aromatic N) is 2. The van der Waals surface area contributed by atoms with Gasteiger partial charge < -0.3 is 10.1 Å². The molecule has 0 spiro atoms. The van der Waals surface area contributed by atoms with Gasteiger partial charge in [0.1, 0.15) is 9.86 Å². The summed E-state index contributed by atoms with van der Waals surface area (Å²) in [5.74, 6) is 0. The van der Waals surface area contributed by atoms with Crippen molar-refractivity contribution in [2.75, 3.05) is 7.05 Å². The van der Waals surface area contributed by atoms with Crippen molar-refractivity contribution in [2.45, 2.75) is 31.2 Å². The highest BCUT2D eigenvalue weighted by Gasteiger charge is 2.59. The topological polar surface area (TPSA) is 29.3 Å². The summed E-state index contributed by atoms with van der Waals surface area (Å²) < 4.78 is 1.74. The van der Waals surface area contributed by atoms with E-state index in [0.717, 1.165) is 14.6 Å². The fraction of sp³-hybridized carbons (Fsp3) is 0.429. The normalized spacial score (nSPS) is 26.1. The van der Waals surface area contributed by atoms with Gasteiger partial charge in [0.2, 0.25) is 4.87 Å². The third kappa shape index (κ3) is 2.43. The van der Waals surface area contributed by atoms with E-state index in [1.807, 2.05) is 44.9 Å². The molecule has 0 bridgehead atoms. The van der Waals surface area contributed by atoms with E-state index < -0.39 is 4.87 Å². The molecule has 6 heteroatoms. The van der Waals surface area contributed by atoms with Crippen LogP contribution in [0.4, 0.5) is 0 Å². The molecule has 1 aromatic rings. The zero-order valence-electron chi connectivity index (χ0n) is 11.9. The molecule has 0 N–H and O–H groups in total. The van der Waals surface area contributed by atoms with Crippen LogP contribution < -0.4 is 0 Å². The summed E-state index contributed by atoms with van der Waals surface area (Å²) in [6.45, 7) is 5.98. The summed E-state index contributed by atoms with van der Waals surface area (Å²) in [5.41, 5.74) is 0.460. The molecule has 1 atom stereocenters. The number of thioether (sulfide) groups is 1. The van der Waals surface area contributed by atoms with Gasteiger partial charge in [-0.1, -0.05) is 23.8 Å². The van der Waals surface area contributed by atoms with Crippen molar-refractivity contribution in [1.82, 2.24) is 4.90 Å². The smallest absolute Gasteiger partial charge is 0.244 e. The molecule has 0 saturated carbocycles. The second kappa shape index (κ2) is 5.20. The van der Waals surface area contributed by atoms with Gasteiger partial charge in [0.05, 0.1) is 0 Å². The van der Waals surface area contributed by atoms with Gasteiger partial charge in [0.15, 0.2) is 6.21 Å². The summed E-state index contributed by atoms with van der Waals surface area (Å²) >= 11 is 12.6. The number of halogens is 1. The lowest BCUT2D eigenvalue weighted by Gasteiger charge is -2.37. The highest BCUT2D eigenvalue weighted by molar-refractivity contribution is 8.24. The molecule has 0 radical (unpaired) electrons. The molecule has 0 amide bonds. The maximum atomic E-state index is 12.6. The molecular weight excluding hydrogens is 312 g/mol. The molecule has 1 fully saturated rings. The van der Waals surface area contributed by atoms with E-state index in [1.165, 1.54) is 11.8 Å². The van der Waals surface area contributed by atoms with Crippen LogP contribution in [0.25, 0.3) is 0 Å². The summed E-state index contributed by atoms with van der Waals surface area (Å²) in [5, 5.41) is 13.3. The lowest BCUT2D eigenvalue weighted by atomic mass is 9.94. The van der Waals surface area contributed by atoms with Gasteiger partial charge in [-0.25, -0.2) is 0 Å². The van der Waals surface area contributed by atoms with Crippen molar-refractivity contribution < 1.29 is 4.74 Å². The minimum Gasteiger partial charge on any atom is -0.623 e. The third-order valence-corrected chi connectivity index (χ3v) is 6.39. The molecule has 2 rings (SSSR count). The maximum absolute atomic E-state index is 12.6. The minimum atomic E-state index is -0.668. The third-order valence-electron chi connectivity index (χ3n) is 4.09. The molecular formula is C14H17ClN2OS2. The quantitative estimate of drug-likeness (QED) is 0.272. The Labute approximate surface area is 134 Å². The van der Waals surface area contributed by atoms with Gasteiger partial charge >= 0.3 is 0 Å². The van der Waals surface area contributed by atoms with Crippen LogP contribution in [0, 0.1) is 5.21 Å². The predicted octanol–water partition coefficient (Wildman–Crippen LogP) is 3.73. The van der Waals surface area contributed by atoms with Crippen LogP contribution in [0.3, 0.4) is 0 Å². The molecule has 1 aromatic carbocycles. The van der Waals surface area contributed by atoms with Gasteiger partial charge in [-0.2, -0.15) is 4.74 Å². The average Bonchev–Trinajstić information content (AvgIpc) is 2.54. The molecule has 1 saturated heterocycles. The van der Waals surface area contributed by atoms with Crippen LogP contribution in [-0.2, 0) is 0 Å². The summed E-state index contributed by atoms with van der Waals surface area (Å²) in [6, 6.07) is 7.19. The first-order valence-corrected chi connectivity index (χ1v) is 7.82. The van der Waals surface area contributed by atoms with Crippen molar-refractivity contribution in [3.63, 3.8) is 0 Å². The van der Waals surface area contributed by atoms with Crippen molar-refractivity contribution in [3.8, 4) is 0 Å². The van der Waals surface area contributed by atoms with E-state index in [0.29, 0.717) is 5.02 Å². The highest BCUT2D eigenvalue weighted by Crippen LogP contribution is 2.48. The SMILES string of the molecule is CN1C(=S)SC(C)(/[N+]([O-])=C\c2ccc(Cl)cc2)C1(C)C. The highest BCUT2D eigenvalue weighted by atomic mass is 35.5. The average molecular weight is 329 g/mol. The van der Waals surface area contributed by atoms with Crippen molar-refractivity contribution >= 4 is 46.1 Å². The number of thiocarbonyl (C=S) groups is 1. The van der Waals surface area contributed by atoms with Gasteiger partial charge in [-0.3, -0.25) is 0 Å². The van der Waals surface area contributed by atoms with Gasteiger partial charge in [0, 0.05) is 24.6 Å². The number of hydroxylamine groups is 1. The Balaban J connectivity index is 2.39. The Bertz CT molecular complexity index is 571. The molecule has 108 valence electrons. The van der Waals surface area contributed by atoms with E-state index in [9.17, 15) is 5.21 Å². The van der Waals surface area contributed by atoms with Crippen molar-refractivity contribution in [2.24, 2.45) is 0 Å². The second-order valence-electron chi connectivity index (χ2n) is 5.48. The Hall–Kier alpha value is -0.780. The van der Waals surface area contributed by atoms with Crippen LogP contribution in [0.5, 0.6) is 0 Å². The van der Waals surface area contributed by atoms with Gasteiger partial charge in [-0.15, -0.1) is 0 Å². The van der Waals surface area contributed by atoms with E-state index in [4.69, 9.17) is 23.8 Å². The zero-order valence-corrected chi connectivity index (χ0v) is 14.3. The minimum absolute atomic E-state index is 0.362. The zero-order chi connectivity index (χ0) is 15.1. The summed E-state index contributed by atoms with van der Waals surface area (Å²) in [7, 11) is 1.93. The number of likely N-dealkylation sites (N-methyl/N-ethyl adjacent to an activating group) is 1. The second-order valence-corrected chi connectivity index (χ2v) is 7.94. The molecule has 0 aromatic heterocycles. The van der Waals surface area contributed by atoms with Crippen LogP contribution in [0.1, 0.15) is 26.3 Å². The molecule has 3 nitrogen and oxygen atoms in total. The predicted molar refractivity (Wildman–Crippen MR) is 90.7 cm³/mol. The Morgan fingerprint density at radius 1 is 1.30 bits per heavy atom. The Morgan fingerprint density at radius 2 is 1.85 bits per heavy atom. The van der Waals surface area contributed by atoms with Crippen LogP contribution in [0.2, 0.25) is 5.02 Å². The number of hydrogen-bond acceptors (Lipinski definition) is 3. The summed E-state index contributed by atoms with van der Waals surface area (Å²) in [4.78, 5) is 1.31. The first kappa shape index (κ1) is 15.6. The van der Waals surface area contributed by atoms with E-state index in [-0.39, 0.29) is 5.54 Å². The van der Waals surface area contributed by atoms with Crippen LogP contribution in [0.15, 0.2) is 24.3 Å². The maximum Gasteiger partial charge on any atom is 0.244 e. The van der Waals surface area contributed by atoms with E-state index >= 15 is 0 Å². The summed E-state index contributed by atoms with van der Waals surface area (Å²) in [6.07, 6.45) is 1.59. The molecule has 1 aliphatic heterocycles. The van der Waals surface area contributed by atoms with E-state index in [1.54, 1.807) is 18.3 Å². The molecule has 1 unspecified atom stereocenters. The fourth-order valence-corrected chi connectivity index (χ4v) is 4.10. The lowest BCUT2D eigenvalue weighted by molar-refractivity contribution is -0.522. The van der Waals surface area contributed by atoms with Crippen LogP contribution in [-0.4, -0.2) is 37.6 Å². The molecule has 0 aliphatic carbocycles. The van der Waals surface area contributed by atoms with Crippen LogP contribution >= 0.6 is 35.6 Å². The Kier molecular flexibility index (Phi) is 4.06. The van der Waals surface area contributed by atoms with Crippen molar-refractivity contribution in [1.29, 1.82) is 0 Å². The first-order valence-electron chi connectivity index (χ1n) is 6.22. The largest absolute Gasteiger partial charge is 0.623 e. The first-order chi connectivity index (χ1) is 9.18. The number of benzene rings is 1. The van der Waals surface area contributed by atoms with Gasteiger partial charge in [-0.05, 0) is 49.9 Å². The van der Waals surface area contributed by atoms with Crippen molar-refractivity contribution in [3.05, 3.63) is 40.1 Å². The monoisotopic (exact) mass is 328 g/mol. The molecule has 1 heterocycles. The van der Waals surface area contributed by atoms with E-state index in [2.05, 4.69) is 0 Å².